The third kappa shape index (κ3) is 3.71. The average molecular weight is 239 g/mol. The standard InChI is InChI=1S/C10H17N5S/c1-3-15(2)7-6-14-10-8(9(11)16)12-4-5-13-10/h4-5H,3,6-7H2,1-2H3,(H2,11,16)(H,13,14). The first-order chi connectivity index (χ1) is 7.65. The van der Waals surface area contributed by atoms with Gasteiger partial charge in [-0.15, -0.1) is 0 Å². The van der Waals surface area contributed by atoms with Crippen molar-refractivity contribution in [2.45, 2.75) is 6.92 Å². The van der Waals surface area contributed by atoms with E-state index in [0.29, 0.717) is 11.5 Å². The molecule has 0 aliphatic carbocycles. The quantitative estimate of drug-likeness (QED) is 0.704. The number of likely N-dealkylation sites (N-methyl/N-ethyl adjacent to an activating group) is 1. The van der Waals surface area contributed by atoms with Crippen molar-refractivity contribution in [3.63, 3.8) is 0 Å². The van der Waals surface area contributed by atoms with Crippen LogP contribution >= 0.6 is 12.2 Å². The van der Waals surface area contributed by atoms with Gasteiger partial charge in [-0.1, -0.05) is 19.1 Å². The average Bonchev–Trinajstić information content (AvgIpc) is 2.29. The lowest BCUT2D eigenvalue weighted by Crippen LogP contribution is -2.26. The van der Waals surface area contributed by atoms with Crippen molar-refractivity contribution >= 4 is 23.0 Å². The third-order valence-electron chi connectivity index (χ3n) is 2.26. The van der Waals surface area contributed by atoms with Crippen LogP contribution in [-0.4, -0.2) is 46.5 Å². The molecule has 0 aliphatic heterocycles. The molecular formula is C10H17N5S. The maximum atomic E-state index is 5.55. The van der Waals surface area contributed by atoms with Crippen LogP contribution in [0.2, 0.25) is 0 Å². The zero-order valence-electron chi connectivity index (χ0n) is 9.60. The van der Waals surface area contributed by atoms with Gasteiger partial charge in [-0.2, -0.15) is 0 Å². The lowest BCUT2D eigenvalue weighted by Gasteiger charge is -2.15. The Bertz CT molecular complexity index is 355. The molecule has 0 unspecified atom stereocenters. The molecule has 0 saturated carbocycles. The normalized spacial score (nSPS) is 10.4. The minimum atomic E-state index is 0.263. The van der Waals surface area contributed by atoms with E-state index in [2.05, 4.69) is 34.2 Å². The topological polar surface area (TPSA) is 67.1 Å². The van der Waals surface area contributed by atoms with Crippen LogP contribution in [-0.2, 0) is 0 Å². The van der Waals surface area contributed by atoms with E-state index in [4.69, 9.17) is 18.0 Å². The number of aromatic nitrogens is 2. The van der Waals surface area contributed by atoms with Gasteiger partial charge < -0.3 is 16.0 Å². The predicted octanol–water partition coefficient (Wildman–Crippen LogP) is 0.474. The van der Waals surface area contributed by atoms with E-state index in [1.807, 2.05) is 0 Å². The highest BCUT2D eigenvalue weighted by Crippen LogP contribution is 2.07. The van der Waals surface area contributed by atoms with E-state index in [-0.39, 0.29) is 4.99 Å². The SMILES string of the molecule is CCN(C)CCNc1nccnc1C(N)=S. The van der Waals surface area contributed by atoms with E-state index < -0.39 is 0 Å². The first-order valence-electron chi connectivity index (χ1n) is 5.18. The minimum absolute atomic E-state index is 0.263. The van der Waals surface area contributed by atoms with Gasteiger partial charge in [-0.25, -0.2) is 9.97 Å². The summed E-state index contributed by atoms with van der Waals surface area (Å²) >= 11 is 4.90. The molecule has 5 nitrogen and oxygen atoms in total. The molecule has 16 heavy (non-hydrogen) atoms. The molecule has 0 radical (unpaired) electrons. The summed E-state index contributed by atoms with van der Waals surface area (Å²) in [6.07, 6.45) is 3.20. The van der Waals surface area contributed by atoms with E-state index in [1.165, 1.54) is 0 Å². The van der Waals surface area contributed by atoms with Gasteiger partial charge in [0.1, 0.15) is 10.7 Å². The van der Waals surface area contributed by atoms with Gasteiger partial charge in [0.05, 0.1) is 0 Å². The lowest BCUT2D eigenvalue weighted by molar-refractivity contribution is 0.367. The summed E-state index contributed by atoms with van der Waals surface area (Å²) in [7, 11) is 2.06. The van der Waals surface area contributed by atoms with E-state index in [9.17, 15) is 0 Å². The van der Waals surface area contributed by atoms with Crippen LogP contribution < -0.4 is 11.1 Å². The van der Waals surface area contributed by atoms with Crippen molar-refractivity contribution in [3.05, 3.63) is 18.1 Å². The molecule has 1 aromatic heterocycles. The number of nitrogens with zero attached hydrogens (tertiary/aromatic N) is 3. The highest BCUT2D eigenvalue weighted by Gasteiger charge is 2.06. The van der Waals surface area contributed by atoms with Crippen molar-refractivity contribution in [3.8, 4) is 0 Å². The summed E-state index contributed by atoms with van der Waals surface area (Å²) in [6, 6.07) is 0. The Labute approximate surface area is 101 Å². The van der Waals surface area contributed by atoms with Gasteiger partial charge in [-0.3, -0.25) is 0 Å². The Morgan fingerprint density at radius 1 is 1.50 bits per heavy atom. The van der Waals surface area contributed by atoms with Crippen molar-refractivity contribution in [1.82, 2.24) is 14.9 Å². The van der Waals surface area contributed by atoms with Gasteiger partial charge in [0, 0.05) is 25.5 Å². The van der Waals surface area contributed by atoms with Gasteiger partial charge in [-0.05, 0) is 13.6 Å². The molecule has 88 valence electrons. The summed E-state index contributed by atoms with van der Waals surface area (Å²) in [5.74, 6) is 0.652. The van der Waals surface area contributed by atoms with E-state index >= 15 is 0 Å². The fourth-order valence-electron chi connectivity index (χ4n) is 1.17. The summed E-state index contributed by atoms with van der Waals surface area (Å²) < 4.78 is 0. The molecule has 0 bridgehead atoms. The van der Waals surface area contributed by atoms with Crippen LogP contribution in [0.15, 0.2) is 12.4 Å². The maximum Gasteiger partial charge on any atom is 0.155 e. The highest BCUT2D eigenvalue weighted by atomic mass is 32.1. The summed E-state index contributed by atoms with van der Waals surface area (Å²) in [5.41, 5.74) is 6.10. The highest BCUT2D eigenvalue weighted by molar-refractivity contribution is 7.80. The van der Waals surface area contributed by atoms with Crippen LogP contribution in [0, 0.1) is 0 Å². The summed E-state index contributed by atoms with van der Waals surface area (Å²) in [5, 5.41) is 3.18. The fourth-order valence-corrected chi connectivity index (χ4v) is 1.32. The van der Waals surface area contributed by atoms with Gasteiger partial charge in [0.2, 0.25) is 0 Å². The lowest BCUT2D eigenvalue weighted by atomic mass is 10.4. The van der Waals surface area contributed by atoms with E-state index in [0.717, 1.165) is 19.6 Å². The molecule has 1 rings (SSSR count). The van der Waals surface area contributed by atoms with E-state index in [1.54, 1.807) is 12.4 Å². The Morgan fingerprint density at radius 2 is 2.19 bits per heavy atom. The minimum Gasteiger partial charge on any atom is -0.388 e. The number of hydrogen-bond acceptors (Lipinski definition) is 5. The largest absolute Gasteiger partial charge is 0.388 e. The summed E-state index contributed by atoms with van der Waals surface area (Å²) in [4.78, 5) is 10.7. The molecule has 0 atom stereocenters. The molecular weight excluding hydrogens is 222 g/mol. The summed E-state index contributed by atoms with van der Waals surface area (Å²) in [6.45, 7) is 4.86. The van der Waals surface area contributed by atoms with Gasteiger partial charge in [0.25, 0.3) is 0 Å². The molecule has 6 heteroatoms. The first kappa shape index (κ1) is 12.8. The fraction of sp³-hybridized carbons (Fsp3) is 0.500. The molecule has 0 aromatic carbocycles. The molecule has 0 saturated heterocycles. The van der Waals surface area contributed by atoms with Crippen molar-refractivity contribution in [1.29, 1.82) is 0 Å². The van der Waals surface area contributed by atoms with Crippen LogP contribution in [0.3, 0.4) is 0 Å². The number of anilines is 1. The predicted molar refractivity (Wildman–Crippen MR) is 69.6 cm³/mol. The van der Waals surface area contributed by atoms with Crippen LogP contribution in [0.1, 0.15) is 12.6 Å². The Balaban J connectivity index is 2.56. The van der Waals surface area contributed by atoms with Crippen molar-refractivity contribution in [2.24, 2.45) is 5.73 Å². The molecule has 1 aromatic rings. The smallest absolute Gasteiger partial charge is 0.155 e. The zero-order chi connectivity index (χ0) is 12.0. The zero-order valence-corrected chi connectivity index (χ0v) is 10.4. The molecule has 0 spiro atoms. The number of thiocarbonyl (C=S) groups is 1. The van der Waals surface area contributed by atoms with Crippen LogP contribution in [0.5, 0.6) is 0 Å². The Kier molecular flexibility index (Phi) is 5.07. The second-order valence-corrected chi connectivity index (χ2v) is 3.88. The molecule has 3 N–H and O–H groups in total. The first-order valence-corrected chi connectivity index (χ1v) is 5.59. The maximum absolute atomic E-state index is 5.55. The van der Waals surface area contributed by atoms with Gasteiger partial charge >= 0.3 is 0 Å². The van der Waals surface area contributed by atoms with Crippen LogP contribution in [0.25, 0.3) is 0 Å². The molecule has 0 aliphatic rings. The van der Waals surface area contributed by atoms with Gasteiger partial charge in [0.15, 0.2) is 5.82 Å². The third-order valence-corrected chi connectivity index (χ3v) is 2.45. The van der Waals surface area contributed by atoms with Crippen molar-refractivity contribution < 1.29 is 0 Å². The second kappa shape index (κ2) is 6.34. The Hall–Kier alpha value is -1.27. The second-order valence-electron chi connectivity index (χ2n) is 3.44. The number of nitrogens with one attached hydrogen (secondary N) is 1. The number of rotatable bonds is 6. The van der Waals surface area contributed by atoms with Crippen molar-refractivity contribution in [2.75, 3.05) is 32.0 Å². The number of nitrogens with two attached hydrogens (primary N) is 1. The van der Waals surface area contributed by atoms with Crippen LogP contribution in [0.4, 0.5) is 5.82 Å². The number of hydrogen-bond donors (Lipinski definition) is 2. The molecule has 1 heterocycles. The molecule has 0 amide bonds. The Morgan fingerprint density at radius 3 is 2.81 bits per heavy atom. The monoisotopic (exact) mass is 239 g/mol. The molecule has 0 fully saturated rings.